The summed E-state index contributed by atoms with van der Waals surface area (Å²) in [6.07, 6.45) is 0. The summed E-state index contributed by atoms with van der Waals surface area (Å²) in [5.74, 6) is 0. The van der Waals surface area contributed by atoms with Crippen molar-refractivity contribution in [1.29, 1.82) is 0 Å². The van der Waals surface area contributed by atoms with Crippen LogP contribution in [0, 0.1) is 0 Å². The molecule has 0 amide bonds. The molecule has 0 aromatic carbocycles. The molecule has 0 saturated carbocycles. The summed E-state index contributed by atoms with van der Waals surface area (Å²) in [6, 6.07) is 0. The van der Waals surface area contributed by atoms with E-state index in [1.54, 1.807) is 0 Å². The van der Waals surface area contributed by atoms with Gasteiger partial charge in [0.2, 0.25) is 0 Å². The molecule has 0 spiro atoms. The van der Waals surface area contributed by atoms with Crippen molar-refractivity contribution in [3.8, 4) is 0 Å². The molecule has 14 nitrogen and oxygen atoms in total. The molecule has 0 aromatic heterocycles. The first-order chi connectivity index (χ1) is 6.93. The second kappa shape index (κ2) is 56.5. The fourth-order valence-electron chi connectivity index (χ4n) is 0. The smallest absolute Gasteiger partial charge is 0.784 e. The van der Waals surface area contributed by atoms with E-state index in [1.165, 1.54) is 0 Å². The van der Waals surface area contributed by atoms with Crippen LogP contribution in [0.15, 0.2) is 0 Å². The third-order valence-corrected chi connectivity index (χ3v) is 0. The fraction of sp³-hybridized carbons (Fsp3) is 0. The molecule has 0 fully saturated rings. The third kappa shape index (κ3) is 1340. The molecular formula is H4O14Pd4S4. The number of hydrogen-bond acceptors (Lipinski definition) is 12. The molecule has 22 heavy (non-hydrogen) atoms. The molecule has 0 rings (SSSR count). The molecule has 4 N–H and O–H groups in total. The zero-order valence-electron chi connectivity index (χ0n) is 8.80. The SMILES string of the molecule is O.O.O=S([O-])[O-].O=S([O-])[O-].O=S([O-])[O-].O=S([O-])[O-].[Pd+2].[Pd+2].[Pd+2].[Pd+2]. The number of rotatable bonds is 0. The second-order valence-electron chi connectivity index (χ2n) is 0.816. The van der Waals surface area contributed by atoms with Gasteiger partial charge in [-0.05, 0) is 0 Å². The van der Waals surface area contributed by atoms with E-state index < -0.39 is 45.4 Å². The monoisotopic (exact) mass is 779 g/mol. The summed E-state index contributed by atoms with van der Waals surface area (Å²) < 4.78 is 101. The van der Waals surface area contributed by atoms with E-state index in [1.807, 2.05) is 0 Å². The number of hydrogen-bond donors (Lipinski definition) is 0. The molecule has 0 saturated heterocycles. The van der Waals surface area contributed by atoms with Crippen LogP contribution in [-0.2, 0) is 127 Å². The average molecular weight is 782 g/mol. The van der Waals surface area contributed by atoms with Crippen LogP contribution in [0.5, 0.6) is 0 Å². The minimum absolute atomic E-state index is 0. The maximum absolute atomic E-state index is 8.44. The molecule has 0 heterocycles. The molecular weight excluding hydrogens is 778 g/mol. The quantitative estimate of drug-likeness (QED) is 0.164. The van der Waals surface area contributed by atoms with Gasteiger partial charge in [0.25, 0.3) is 0 Å². The van der Waals surface area contributed by atoms with E-state index >= 15 is 0 Å². The molecule has 0 aliphatic rings. The summed E-state index contributed by atoms with van der Waals surface area (Å²) in [5.41, 5.74) is 0. The van der Waals surface area contributed by atoms with Gasteiger partial charge in [-0.25, -0.2) is 0 Å². The van der Waals surface area contributed by atoms with Gasteiger partial charge in [-0.15, -0.1) is 45.4 Å². The van der Waals surface area contributed by atoms with Gasteiger partial charge < -0.3 is 47.4 Å². The summed E-state index contributed by atoms with van der Waals surface area (Å²) in [6.45, 7) is 0. The summed E-state index contributed by atoms with van der Waals surface area (Å²) in [7, 11) is 0. The van der Waals surface area contributed by atoms with Crippen molar-refractivity contribution < 1.29 is 146 Å². The normalized spacial score (nSPS) is 6.36. The van der Waals surface area contributed by atoms with Gasteiger partial charge in [0, 0.05) is 0 Å². The Hall–Kier alpha value is 2.85. The standard InChI is InChI=1S/4H2O3S.2H2O.4Pd/c4*1-4(2)3;;;;;;/h4*(H2,1,2,3);2*1H2;;;;/q;;;;;;4*+2/p-8. The van der Waals surface area contributed by atoms with Gasteiger partial charge in [-0.2, -0.15) is 0 Å². The van der Waals surface area contributed by atoms with Crippen LogP contribution in [-0.4, -0.2) is 64.2 Å². The molecule has 0 bridgehead atoms. The first-order valence-corrected chi connectivity index (χ1v) is 6.00. The van der Waals surface area contributed by atoms with Crippen LogP contribution >= 0.6 is 0 Å². The van der Waals surface area contributed by atoms with Crippen molar-refractivity contribution in [3.63, 3.8) is 0 Å². The molecule has 152 valence electrons. The third-order valence-electron chi connectivity index (χ3n) is 0. The maximum atomic E-state index is 8.44. The van der Waals surface area contributed by atoms with Gasteiger partial charge in [0.1, 0.15) is 0 Å². The van der Waals surface area contributed by atoms with Crippen molar-refractivity contribution in [2.24, 2.45) is 0 Å². The zero-order chi connectivity index (χ0) is 14.3. The Morgan fingerprint density at radius 1 is 0.364 bits per heavy atom. The van der Waals surface area contributed by atoms with E-state index in [2.05, 4.69) is 0 Å². The van der Waals surface area contributed by atoms with Crippen molar-refractivity contribution in [2.45, 2.75) is 0 Å². The first kappa shape index (κ1) is 64.1. The van der Waals surface area contributed by atoms with Crippen molar-refractivity contribution in [1.82, 2.24) is 0 Å². The van der Waals surface area contributed by atoms with Gasteiger partial charge in [-0.3, -0.25) is 16.8 Å². The average Bonchev–Trinajstić information content (AvgIpc) is 1.76. The molecule has 0 radical (unpaired) electrons. The Bertz CT molecular complexity index is 169. The second-order valence-corrected chi connectivity index (χ2v) is 2.45. The molecule has 0 aromatic rings. The van der Waals surface area contributed by atoms with Crippen molar-refractivity contribution >= 4 is 45.4 Å². The van der Waals surface area contributed by atoms with Crippen LogP contribution in [0.2, 0.25) is 0 Å². The van der Waals surface area contributed by atoms with E-state index in [-0.39, 0.29) is 92.6 Å². The van der Waals surface area contributed by atoms with Crippen LogP contribution < -0.4 is 0 Å². The van der Waals surface area contributed by atoms with Crippen LogP contribution in [0.4, 0.5) is 0 Å². The van der Waals surface area contributed by atoms with E-state index in [4.69, 9.17) is 53.3 Å². The van der Waals surface area contributed by atoms with Gasteiger partial charge in [0.05, 0.1) is 0 Å². The molecule has 22 heteroatoms. The Kier molecular flexibility index (Phi) is 165. The minimum atomic E-state index is -3.11. The topological polar surface area (TPSA) is 316 Å². The fourth-order valence-corrected chi connectivity index (χ4v) is 0. The predicted octanol–water partition coefficient (Wildman–Crippen LogP) is -5.68. The summed E-state index contributed by atoms with van der Waals surface area (Å²) in [5, 5.41) is 0. The van der Waals surface area contributed by atoms with E-state index in [0.29, 0.717) is 0 Å². The Labute approximate surface area is 189 Å². The van der Waals surface area contributed by atoms with Crippen molar-refractivity contribution in [2.75, 3.05) is 0 Å². The van der Waals surface area contributed by atoms with Crippen LogP contribution in [0.3, 0.4) is 0 Å². The van der Waals surface area contributed by atoms with Gasteiger partial charge >= 0.3 is 81.7 Å². The Balaban J connectivity index is -0.00000001000. The summed E-state index contributed by atoms with van der Waals surface area (Å²) in [4.78, 5) is 0. The van der Waals surface area contributed by atoms with Crippen LogP contribution in [0.25, 0.3) is 0 Å². The van der Waals surface area contributed by atoms with Gasteiger partial charge in [0.15, 0.2) is 0 Å². The first-order valence-electron chi connectivity index (χ1n) is 2.00. The maximum Gasteiger partial charge on any atom is 2.00 e. The van der Waals surface area contributed by atoms with Crippen molar-refractivity contribution in [3.05, 3.63) is 0 Å². The Morgan fingerprint density at radius 3 is 0.364 bits per heavy atom. The molecule has 0 unspecified atom stereocenters. The molecule has 0 atom stereocenters. The minimum Gasteiger partial charge on any atom is -0.784 e. The van der Waals surface area contributed by atoms with E-state index in [9.17, 15) is 0 Å². The largest absolute Gasteiger partial charge is 2.00 e. The van der Waals surface area contributed by atoms with Crippen LogP contribution in [0.1, 0.15) is 0 Å². The predicted molar refractivity (Wildman–Crippen MR) is 46.0 cm³/mol. The molecule has 0 aliphatic carbocycles. The molecule has 0 aliphatic heterocycles. The van der Waals surface area contributed by atoms with E-state index in [0.717, 1.165) is 0 Å². The Morgan fingerprint density at radius 2 is 0.364 bits per heavy atom. The summed E-state index contributed by atoms with van der Waals surface area (Å²) >= 11 is -12.4. The zero-order valence-corrected chi connectivity index (χ0v) is 18.3. The van der Waals surface area contributed by atoms with Gasteiger partial charge in [-0.1, -0.05) is 0 Å².